The zero-order valence-corrected chi connectivity index (χ0v) is 14.1. The van der Waals surface area contributed by atoms with Gasteiger partial charge >= 0.3 is 0 Å². The van der Waals surface area contributed by atoms with Gasteiger partial charge in [0.2, 0.25) is 0 Å². The Morgan fingerprint density at radius 2 is 1.82 bits per heavy atom. The first kappa shape index (κ1) is 14.9. The molecule has 114 valence electrons. The van der Waals surface area contributed by atoms with Gasteiger partial charge in [-0.3, -0.25) is 4.40 Å². The number of imidazole rings is 1. The molecule has 1 N–H and O–H groups in total. The second-order valence-electron chi connectivity index (χ2n) is 6.60. The third-order valence-corrected chi connectivity index (χ3v) is 3.72. The lowest BCUT2D eigenvalue weighted by molar-refractivity contribution is 0.629. The van der Waals surface area contributed by atoms with Gasteiger partial charge in [0.25, 0.3) is 0 Å². The summed E-state index contributed by atoms with van der Waals surface area (Å²) in [6.45, 7) is 8.49. The van der Waals surface area contributed by atoms with Crippen molar-refractivity contribution in [3.05, 3.63) is 53.2 Å². The van der Waals surface area contributed by atoms with Crippen molar-refractivity contribution in [2.75, 3.05) is 5.32 Å². The highest BCUT2D eigenvalue weighted by atomic mass is 35.5. The standard InChI is InChI=1S/C18H20ClN3/c1-12-9-10-15-20-16(13-7-5-6-8-14(13)19)17(22(15)11-12)21-18(2,3)4/h5-11,21H,1-4H3. The van der Waals surface area contributed by atoms with Crippen molar-refractivity contribution in [3.8, 4) is 11.3 Å². The molecule has 2 heterocycles. The van der Waals surface area contributed by atoms with E-state index in [0.717, 1.165) is 22.7 Å². The van der Waals surface area contributed by atoms with Crippen LogP contribution in [0.15, 0.2) is 42.6 Å². The van der Waals surface area contributed by atoms with Gasteiger partial charge in [0, 0.05) is 17.3 Å². The van der Waals surface area contributed by atoms with Crippen LogP contribution in [0.25, 0.3) is 16.9 Å². The van der Waals surface area contributed by atoms with E-state index in [4.69, 9.17) is 16.6 Å². The molecule has 3 rings (SSSR count). The van der Waals surface area contributed by atoms with Crippen LogP contribution in [0.5, 0.6) is 0 Å². The normalized spacial score (nSPS) is 11.9. The summed E-state index contributed by atoms with van der Waals surface area (Å²) in [6.07, 6.45) is 2.09. The molecule has 0 aliphatic heterocycles. The SMILES string of the molecule is Cc1ccc2nc(-c3ccccc3Cl)c(NC(C)(C)C)n2c1. The highest BCUT2D eigenvalue weighted by molar-refractivity contribution is 6.33. The Kier molecular flexibility index (Phi) is 3.61. The largest absolute Gasteiger partial charge is 0.365 e. The molecule has 0 aliphatic carbocycles. The summed E-state index contributed by atoms with van der Waals surface area (Å²) in [5, 5.41) is 4.28. The van der Waals surface area contributed by atoms with Crippen LogP contribution in [0, 0.1) is 6.92 Å². The Labute approximate surface area is 136 Å². The minimum absolute atomic E-state index is 0.0737. The van der Waals surface area contributed by atoms with Crippen molar-refractivity contribution in [2.24, 2.45) is 0 Å². The molecule has 3 aromatic rings. The molecule has 0 fully saturated rings. The van der Waals surface area contributed by atoms with Gasteiger partial charge in [-0.05, 0) is 45.4 Å². The van der Waals surface area contributed by atoms with Crippen LogP contribution >= 0.6 is 11.6 Å². The van der Waals surface area contributed by atoms with E-state index in [0.29, 0.717) is 5.02 Å². The fourth-order valence-electron chi connectivity index (χ4n) is 2.47. The zero-order valence-electron chi connectivity index (χ0n) is 13.3. The summed E-state index contributed by atoms with van der Waals surface area (Å²) in [4.78, 5) is 4.79. The maximum Gasteiger partial charge on any atom is 0.139 e. The van der Waals surface area contributed by atoms with Gasteiger partial charge in [0.05, 0.1) is 5.02 Å². The van der Waals surface area contributed by atoms with Crippen LogP contribution in [-0.2, 0) is 0 Å². The maximum atomic E-state index is 6.38. The molecule has 0 spiro atoms. The van der Waals surface area contributed by atoms with E-state index in [1.807, 2.05) is 30.3 Å². The molecule has 2 aromatic heterocycles. The Morgan fingerprint density at radius 3 is 2.50 bits per heavy atom. The van der Waals surface area contributed by atoms with Crippen molar-refractivity contribution < 1.29 is 0 Å². The molecule has 0 atom stereocenters. The fraction of sp³-hybridized carbons (Fsp3) is 0.278. The minimum atomic E-state index is -0.0737. The summed E-state index contributed by atoms with van der Waals surface area (Å²) >= 11 is 6.38. The molecule has 0 bridgehead atoms. The van der Waals surface area contributed by atoms with Gasteiger partial charge in [0.15, 0.2) is 0 Å². The predicted molar refractivity (Wildman–Crippen MR) is 93.8 cm³/mol. The van der Waals surface area contributed by atoms with Crippen molar-refractivity contribution in [1.82, 2.24) is 9.38 Å². The average Bonchev–Trinajstić information content (AvgIpc) is 2.76. The number of nitrogens with one attached hydrogen (secondary N) is 1. The molecule has 0 aliphatic rings. The van der Waals surface area contributed by atoms with Gasteiger partial charge in [-0.2, -0.15) is 0 Å². The number of rotatable bonds is 2. The Balaban J connectivity index is 2.29. The lowest BCUT2D eigenvalue weighted by Gasteiger charge is -2.22. The van der Waals surface area contributed by atoms with E-state index in [-0.39, 0.29) is 5.54 Å². The quantitative estimate of drug-likeness (QED) is 0.707. The molecule has 1 aromatic carbocycles. The number of halogens is 1. The molecular weight excluding hydrogens is 294 g/mol. The maximum absolute atomic E-state index is 6.38. The number of hydrogen-bond donors (Lipinski definition) is 1. The summed E-state index contributed by atoms with van der Waals surface area (Å²) in [7, 11) is 0. The highest BCUT2D eigenvalue weighted by Crippen LogP contribution is 2.34. The van der Waals surface area contributed by atoms with Crippen LogP contribution in [0.3, 0.4) is 0 Å². The van der Waals surface area contributed by atoms with Gasteiger partial charge in [-0.1, -0.05) is 35.9 Å². The van der Waals surface area contributed by atoms with Crippen LogP contribution in [0.1, 0.15) is 26.3 Å². The lowest BCUT2D eigenvalue weighted by atomic mass is 10.1. The number of hydrogen-bond acceptors (Lipinski definition) is 2. The molecule has 0 unspecified atom stereocenters. The molecule has 3 nitrogen and oxygen atoms in total. The van der Waals surface area contributed by atoms with Crippen molar-refractivity contribution in [2.45, 2.75) is 33.2 Å². The number of pyridine rings is 1. The fourth-order valence-corrected chi connectivity index (χ4v) is 2.69. The van der Waals surface area contributed by atoms with E-state index in [1.54, 1.807) is 0 Å². The van der Waals surface area contributed by atoms with Crippen LogP contribution in [-0.4, -0.2) is 14.9 Å². The number of anilines is 1. The summed E-state index contributed by atoms with van der Waals surface area (Å²) in [5.74, 6) is 0.972. The van der Waals surface area contributed by atoms with Gasteiger partial charge in [0.1, 0.15) is 17.2 Å². The summed E-state index contributed by atoms with van der Waals surface area (Å²) in [5.41, 5.74) is 3.85. The Bertz CT molecular complexity index is 828. The van der Waals surface area contributed by atoms with Gasteiger partial charge in [-0.15, -0.1) is 0 Å². The second-order valence-corrected chi connectivity index (χ2v) is 7.01. The van der Waals surface area contributed by atoms with Crippen LogP contribution in [0.4, 0.5) is 5.82 Å². The van der Waals surface area contributed by atoms with E-state index in [2.05, 4.69) is 49.7 Å². The highest BCUT2D eigenvalue weighted by Gasteiger charge is 2.20. The molecule has 0 saturated heterocycles. The van der Waals surface area contributed by atoms with E-state index in [9.17, 15) is 0 Å². The monoisotopic (exact) mass is 313 g/mol. The number of fused-ring (bicyclic) bond motifs is 1. The lowest BCUT2D eigenvalue weighted by Crippen LogP contribution is -2.27. The van der Waals surface area contributed by atoms with E-state index in [1.165, 1.54) is 5.56 Å². The minimum Gasteiger partial charge on any atom is -0.365 e. The number of benzene rings is 1. The Morgan fingerprint density at radius 1 is 1.09 bits per heavy atom. The van der Waals surface area contributed by atoms with Crippen LogP contribution < -0.4 is 5.32 Å². The number of nitrogens with zero attached hydrogens (tertiary/aromatic N) is 2. The summed E-state index contributed by atoms with van der Waals surface area (Å²) in [6, 6.07) is 11.9. The van der Waals surface area contributed by atoms with E-state index < -0.39 is 0 Å². The average molecular weight is 314 g/mol. The number of aryl methyl sites for hydroxylation is 1. The second kappa shape index (κ2) is 5.33. The summed E-state index contributed by atoms with van der Waals surface area (Å²) < 4.78 is 2.10. The van der Waals surface area contributed by atoms with E-state index >= 15 is 0 Å². The third kappa shape index (κ3) is 2.81. The van der Waals surface area contributed by atoms with Crippen molar-refractivity contribution >= 4 is 23.1 Å². The first-order chi connectivity index (χ1) is 10.3. The van der Waals surface area contributed by atoms with Crippen molar-refractivity contribution in [3.63, 3.8) is 0 Å². The number of aromatic nitrogens is 2. The van der Waals surface area contributed by atoms with Gasteiger partial charge < -0.3 is 5.32 Å². The van der Waals surface area contributed by atoms with Gasteiger partial charge in [-0.25, -0.2) is 4.98 Å². The smallest absolute Gasteiger partial charge is 0.139 e. The Hall–Kier alpha value is -2.00. The third-order valence-electron chi connectivity index (χ3n) is 3.39. The zero-order chi connectivity index (χ0) is 15.9. The topological polar surface area (TPSA) is 29.3 Å². The molecule has 0 saturated carbocycles. The first-order valence-corrected chi connectivity index (χ1v) is 7.75. The molecule has 0 amide bonds. The van der Waals surface area contributed by atoms with Crippen LogP contribution in [0.2, 0.25) is 5.02 Å². The first-order valence-electron chi connectivity index (χ1n) is 7.37. The van der Waals surface area contributed by atoms with Crippen molar-refractivity contribution in [1.29, 1.82) is 0 Å². The molecule has 4 heteroatoms. The molecule has 22 heavy (non-hydrogen) atoms. The molecular formula is C18H20ClN3. The predicted octanol–water partition coefficient (Wildman–Crippen LogP) is 5.17. The molecule has 0 radical (unpaired) electrons.